The normalized spacial score (nSPS) is 30.8. The molecule has 2 fully saturated rings. The Hall–Kier alpha value is -0.410. The number of piperazine rings is 1. The molecule has 1 atom stereocenters. The fourth-order valence-electron chi connectivity index (χ4n) is 2.61. The minimum absolute atomic E-state index is 0.145. The van der Waals surface area contributed by atoms with E-state index in [1.807, 2.05) is 0 Å². The van der Waals surface area contributed by atoms with Crippen molar-refractivity contribution in [2.24, 2.45) is 5.92 Å². The average molecular weight is 196 g/mol. The number of ketones is 1. The summed E-state index contributed by atoms with van der Waals surface area (Å²) < 4.78 is 0. The highest BCUT2D eigenvalue weighted by atomic mass is 16.1. The molecule has 0 aromatic rings. The fourth-order valence-corrected chi connectivity index (χ4v) is 2.61. The van der Waals surface area contributed by atoms with Gasteiger partial charge in [-0.3, -0.25) is 9.69 Å². The van der Waals surface area contributed by atoms with Crippen LogP contribution in [0.25, 0.3) is 0 Å². The number of carbonyl (C=O) groups excluding carboxylic acids is 1. The van der Waals surface area contributed by atoms with Crippen molar-refractivity contribution in [2.75, 3.05) is 26.7 Å². The van der Waals surface area contributed by atoms with Crippen LogP contribution in [0, 0.1) is 5.92 Å². The zero-order chi connectivity index (χ0) is 9.97. The highest BCUT2D eigenvalue weighted by molar-refractivity contribution is 5.86. The minimum atomic E-state index is 0.145. The molecular weight excluding hydrogens is 176 g/mol. The van der Waals surface area contributed by atoms with Crippen molar-refractivity contribution in [1.82, 2.24) is 10.2 Å². The van der Waals surface area contributed by atoms with Gasteiger partial charge in [-0.15, -0.1) is 0 Å². The maximum Gasteiger partial charge on any atom is 0.154 e. The standard InChI is InChI=1S/C11H20N2O/c1-13-7-6-12-8-10(13)11(14)9-4-2-3-5-9/h9-10,12H,2-8H2,1H3. The van der Waals surface area contributed by atoms with Gasteiger partial charge in [0.05, 0.1) is 6.04 Å². The molecule has 0 aromatic heterocycles. The monoisotopic (exact) mass is 196 g/mol. The summed E-state index contributed by atoms with van der Waals surface area (Å²) in [6.07, 6.45) is 4.76. The minimum Gasteiger partial charge on any atom is -0.313 e. The molecule has 0 bridgehead atoms. The quantitative estimate of drug-likeness (QED) is 0.704. The molecule has 2 rings (SSSR count). The van der Waals surface area contributed by atoms with Crippen molar-refractivity contribution in [3.05, 3.63) is 0 Å². The van der Waals surface area contributed by atoms with E-state index in [0.717, 1.165) is 32.5 Å². The van der Waals surface area contributed by atoms with Crippen LogP contribution in [0.2, 0.25) is 0 Å². The van der Waals surface area contributed by atoms with Gasteiger partial charge in [0.1, 0.15) is 0 Å². The number of nitrogens with one attached hydrogen (secondary N) is 1. The summed E-state index contributed by atoms with van der Waals surface area (Å²) in [6.45, 7) is 2.87. The molecule has 0 amide bonds. The number of Topliss-reactive ketones (excluding diaryl/α,β-unsaturated/α-hetero) is 1. The highest BCUT2D eigenvalue weighted by Crippen LogP contribution is 2.27. The van der Waals surface area contributed by atoms with Crippen LogP contribution in [0.1, 0.15) is 25.7 Å². The largest absolute Gasteiger partial charge is 0.313 e. The number of hydrogen-bond donors (Lipinski definition) is 1. The van der Waals surface area contributed by atoms with Gasteiger partial charge in [0.25, 0.3) is 0 Å². The van der Waals surface area contributed by atoms with E-state index in [0.29, 0.717) is 11.7 Å². The van der Waals surface area contributed by atoms with Crippen LogP contribution in [-0.4, -0.2) is 43.4 Å². The average Bonchev–Trinajstić information content (AvgIpc) is 2.70. The molecule has 1 saturated heterocycles. The Balaban J connectivity index is 1.94. The van der Waals surface area contributed by atoms with Gasteiger partial charge in [0.15, 0.2) is 5.78 Å². The third kappa shape index (κ3) is 1.98. The topological polar surface area (TPSA) is 32.3 Å². The van der Waals surface area contributed by atoms with Gasteiger partial charge in [-0.2, -0.15) is 0 Å². The number of nitrogens with zero attached hydrogens (tertiary/aromatic N) is 1. The van der Waals surface area contributed by atoms with Gasteiger partial charge in [0.2, 0.25) is 0 Å². The van der Waals surface area contributed by atoms with Crippen molar-refractivity contribution >= 4 is 5.78 Å². The van der Waals surface area contributed by atoms with Crippen LogP contribution in [-0.2, 0) is 4.79 Å². The zero-order valence-electron chi connectivity index (χ0n) is 8.96. The van der Waals surface area contributed by atoms with Crippen LogP contribution in [0.3, 0.4) is 0 Å². The zero-order valence-corrected chi connectivity index (χ0v) is 8.96. The number of hydrogen-bond acceptors (Lipinski definition) is 3. The Morgan fingerprint density at radius 2 is 2.07 bits per heavy atom. The van der Waals surface area contributed by atoms with Crippen molar-refractivity contribution in [3.8, 4) is 0 Å². The summed E-state index contributed by atoms with van der Waals surface area (Å²) in [7, 11) is 2.07. The van der Waals surface area contributed by atoms with E-state index in [1.54, 1.807) is 0 Å². The van der Waals surface area contributed by atoms with Gasteiger partial charge in [-0.1, -0.05) is 12.8 Å². The summed E-state index contributed by atoms with van der Waals surface area (Å²) in [5.74, 6) is 0.847. The van der Waals surface area contributed by atoms with Crippen molar-refractivity contribution in [1.29, 1.82) is 0 Å². The van der Waals surface area contributed by atoms with Crippen molar-refractivity contribution in [2.45, 2.75) is 31.7 Å². The molecule has 1 saturated carbocycles. The van der Waals surface area contributed by atoms with Crippen molar-refractivity contribution < 1.29 is 4.79 Å². The van der Waals surface area contributed by atoms with Gasteiger partial charge in [-0.25, -0.2) is 0 Å². The summed E-state index contributed by atoms with van der Waals surface area (Å²) in [5, 5.41) is 3.31. The van der Waals surface area contributed by atoms with E-state index >= 15 is 0 Å². The Labute approximate surface area is 85.8 Å². The van der Waals surface area contributed by atoms with Gasteiger partial charge >= 0.3 is 0 Å². The molecule has 3 heteroatoms. The third-order valence-corrected chi connectivity index (χ3v) is 3.60. The molecule has 1 aliphatic heterocycles. The van der Waals surface area contributed by atoms with E-state index in [9.17, 15) is 4.79 Å². The lowest BCUT2D eigenvalue weighted by atomic mass is 9.95. The van der Waals surface area contributed by atoms with Gasteiger partial charge in [0, 0.05) is 25.6 Å². The Bertz CT molecular complexity index is 211. The molecule has 1 aliphatic carbocycles. The van der Waals surface area contributed by atoms with Crippen molar-refractivity contribution in [3.63, 3.8) is 0 Å². The molecule has 0 spiro atoms. The Morgan fingerprint density at radius 3 is 2.71 bits per heavy atom. The lowest BCUT2D eigenvalue weighted by Gasteiger charge is -2.33. The summed E-state index contributed by atoms with van der Waals surface area (Å²) in [5.41, 5.74) is 0. The van der Waals surface area contributed by atoms with Crippen LogP contribution in [0.5, 0.6) is 0 Å². The van der Waals surface area contributed by atoms with Crippen LogP contribution in [0.15, 0.2) is 0 Å². The Kier molecular flexibility index (Phi) is 3.19. The Morgan fingerprint density at radius 1 is 1.36 bits per heavy atom. The molecule has 80 valence electrons. The van der Waals surface area contributed by atoms with Gasteiger partial charge < -0.3 is 5.32 Å². The second-order valence-corrected chi connectivity index (χ2v) is 4.58. The van der Waals surface area contributed by atoms with E-state index < -0.39 is 0 Å². The van der Waals surface area contributed by atoms with Crippen LogP contribution in [0.4, 0.5) is 0 Å². The summed E-state index contributed by atoms with van der Waals surface area (Å²) in [6, 6.07) is 0.145. The summed E-state index contributed by atoms with van der Waals surface area (Å²) in [4.78, 5) is 14.3. The molecule has 0 radical (unpaired) electrons. The number of likely N-dealkylation sites (N-methyl/N-ethyl adjacent to an activating group) is 1. The number of carbonyl (C=O) groups is 1. The molecule has 1 unspecified atom stereocenters. The first-order valence-corrected chi connectivity index (χ1v) is 5.73. The second kappa shape index (κ2) is 4.41. The third-order valence-electron chi connectivity index (χ3n) is 3.60. The van der Waals surface area contributed by atoms with E-state index in [-0.39, 0.29) is 6.04 Å². The highest BCUT2D eigenvalue weighted by Gasteiger charge is 2.32. The molecule has 0 aromatic carbocycles. The predicted molar refractivity (Wildman–Crippen MR) is 56.3 cm³/mol. The predicted octanol–water partition coefficient (Wildman–Crippen LogP) is 0.649. The summed E-state index contributed by atoms with van der Waals surface area (Å²) >= 11 is 0. The van der Waals surface area contributed by atoms with Gasteiger partial charge in [-0.05, 0) is 19.9 Å². The van der Waals surface area contributed by atoms with Crippen LogP contribution >= 0.6 is 0 Å². The fraction of sp³-hybridized carbons (Fsp3) is 0.909. The maximum absolute atomic E-state index is 12.1. The SMILES string of the molecule is CN1CCNCC1C(=O)C1CCCC1. The lowest BCUT2D eigenvalue weighted by molar-refractivity contribution is -0.128. The number of rotatable bonds is 2. The smallest absolute Gasteiger partial charge is 0.154 e. The van der Waals surface area contributed by atoms with Crippen LogP contribution < -0.4 is 5.32 Å². The molecule has 2 aliphatic rings. The molecule has 14 heavy (non-hydrogen) atoms. The van der Waals surface area contributed by atoms with E-state index in [2.05, 4.69) is 17.3 Å². The first-order chi connectivity index (χ1) is 6.79. The molecule has 1 heterocycles. The first-order valence-electron chi connectivity index (χ1n) is 5.73. The molecule has 3 nitrogen and oxygen atoms in total. The molecule has 1 N–H and O–H groups in total. The maximum atomic E-state index is 12.1. The lowest BCUT2D eigenvalue weighted by Crippen LogP contribution is -2.54. The molecular formula is C11H20N2O. The van der Waals surface area contributed by atoms with E-state index in [1.165, 1.54) is 12.8 Å². The second-order valence-electron chi connectivity index (χ2n) is 4.58. The van der Waals surface area contributed by atoms with E-state index in [4.69, 9.17) is 0 Å². The first kappa shape index (κ1) is 10.1.